The topological polar surface area (TPSA) is 46.2 Å². The van der Waals surface area contributed by atoms with Crippen molar-refractivity contribution >= 4 is 33.5 Å². The monoisotopic (exact) mass is 425 g/mol. The minimum Gasteiger partial charge on any atom is -0.382 e. The molecule has 0 heterocycles. The SMILES string of the molecule is CCNc1ccc(Br)cc(C(=O)/C=C\c2ccc(C(F)(F)F)cc2)c1=O. The number of nitrogens with one attached hydrogen (secondary N) is 1. The highest BCUT2D eigenvalue weighted by Gasteiger charge is 2.29. The van der Waals surface area contributed by atoms with Crippen molar-refractivity contribution < 1.29 is 18.0 Å². The molecule has 3 nitrogen and oxygen atoms in total. The van der Waals surface area contributed by atoms with Gasteiger partial charge in [0, 0.05) is 11.0 Å². The summed E-state index contributed by atoms with van der Waals surface area (Å²) in [6.45, 7) is 2.35. The number of benzene rings is 1. The van der Waals surface area contributed by atoms with Crippen molar-refractivity contribution in [3.05, 3.63) is 79.9 Å². The number of ketones is 1. The molecule has 0 amide bonds. The van der Waals surface area contributed by atoms with Gasteiger partial charge in [-0.05, 0) is 48.9 Å². The molecule has 2 aromatic rings. The van der Waals surface area contributed by atoms with Crippen LogP contribution in [-0.4, -0.2) is 12.3 Å². The molecule has 0 saturated heterocycles. The van der Waals surface area contributed by atoms with E-state index in [-0.39, 0.29) is 5.56 Å². The first-order chi connectivity index (χ1) is 12.2. The molecule has 136 valence electrons. The van der Waals surface area contributed by atoms with E-state index in [0.717, 1.165) is 12.1 Å². The van der Waals surface area contributed by atoms with Crippen LogP contribution in [0.1, 0.15) is 28.4 Å². The fraction of sp³-hybridized carbons (Fsp3) is 0.158. The van der Waals surface area contributed by atoms with Gasteiger partial charge in [0.05, 0.1) is 16.8 Å². The van der Waals surface area contributed by atoms with Gasteiger partial charge < -0.3 is 5.32 Å². The van der Waals surface area contributed by atoms with E-state index in [1.54, 1.807) is 12.1 Å². The summed E-state index contributed by atoms with van der Waals surface area (Å²) in [6.07, 6.45) is -1.87. The zero-order valence-corrected chi connectivity index (χ0v) is 15.3. The van der Waals surface area contributed by atoms with Gasteiger partial charge in [0.15, 0.2) is 5.78 Å². The van der Waals surface area contributed by atoms with Crippen molar-refractivity contribution in [2.24, 2.45) is 0 Å². The quantitative estimate of drug-likeness (QED) is 0.531. The summed E-state index contributed by atoms with van der Waals surface area (Å²) in [7, 11) is 0. The van der Waals surface area contributed by atoms with Crippen LogP contribution in [0.25, 0.3) is 6.08 Å². The molecule has 0 aliphatic heterocycles. The van der Waals surface area contributed by atoms with Crippen molar-refractivity contribution in [1.29, 1.82) is 0 Å². The van der Waals surface area contributed by atoms with Crippen LogP contribution in [0.3, 0.4) is 0 Å². The van der Waals surface area contributed by atoms with Crippen LogP contribution < -0.4 is 10.7 Å². The van der Waals surface area contributed by atoms with Gasteiger partial charge in [0.1, 0.15) is 0 Å². The maximum absolute atomic E-state index is 12.6. The van der Waals surface area contributed by atoms with Gasteiger partial charge in [-0.2, -0.15) is 13.2 Å². The minimum atomic E-state index is -4.41. The van der Waals surface area contributed by atoms with Crippen molar-refractivity contribution in [3.8, 4) is 0 Å². The summed E-state index contributed by atoms with van der Waals surface area (Å²) in [6, 6.07) is 9.03. The van der Waals surface area contributed by atoms with E-state index in [9.17, 15) is 22.8 Å². The van der Waals surface area contributed by atoms with Crippen molar-refractivity contribution in [2.45, 2.75) is 13.1 Å². The lowest BCUT2D eigenvalue weighted by Crippen LogP contribution is -2.15. The molecule has 0 aliphatic carbocycles. The van der Waals surface area contributed by atoms with Gasteiger partial charge in [0.25, 0.3) is 0 Å². The lowest BCUT2D eigenvalue weighted by atomic mass is 10.1. The Hall–Kier alpha value is -2.41. The summed E-state index contributed by atoms with van der Waals surface area (Å²) in [5, 5.41) is 2.90. The molecule has 0 spiro atoms. The van der Waals surface area contributed by atoms with E-state index >= 15 is 0 Å². The number of rotatable bonds is 5. The molecule has 0 aromatic heterocycles. The molecular weight excluding hydrogens is 411 g/mol. The minimum absolute atomic E-state index is 0.0408. The maximum Gasteiger partial charge on any atom is 0.416 e. The Bertz CT molecular complexity index is 891. The Morgan fingerprint density at radius 2 is 1.81 bits per heavy atom. The first kappa shape index (κ1) is 19.9. The first-order valence-corrected chi connectivity index (χ1v) is 8.49. The van der Waals surface area contributed by atoms with Gasteiger partial charge in [-0.1, -0.05) is 34.1 Å². The van der Waals surface area contributed by atoms with Crippen LogP contribution in [0, 0.1) is 0 Å². The van der Waals surface area contributed by atoms with E-state index < -0.39 is 23.0 Å². The van der Waals surface area contributed by atoms with Crippen LogP contribution in [0.4, 0.5) is 18.9 Å². The van der Waals surface area contributed by atoms with Crippen LogP contribution in [0.5, 0.6) is 0 Å². The standard InChI is InChI=1S/C19H15BrF3NO2/c1-2-24-16-9-8-14(20)11-15(18(16)26)17(25)10-5-12-3-6-13(7-4-12)19(21,22)23/h3-11H,2H2,1H3,(H,24,26)/b10-5-. The highest BCUT2D eigenvalue weighted by molar-refractivity contribution is 9.10. The largest absolute Gasteiger partial charge is 0.416 e. The van der Waals surface area contributed by atoms with Gasteiger partial charge >= 0.3 is 6.18 Å². The third-order valence-electron chi connectivity index (χ3n) is 3.48. The van der Waals surface area contributed by atoms with Crippen LogP contribution in [0.15, 0.2) is 57.8 Å². The summed E-state index contributed by atoms with van der Waals surface area (Å²) in [4.78, 5) is 24.9. The zero-order chi connectivity index (χ0) is 19.3. The molecule has 1 N–H and O–H groups in total. The fourth-order valence-corrected chi connectivity index (χ4v) is 2.55. The van der Waals surface area contributed by atoms with E-state index in [1.807, 2.05) is 6.92 Å². The molecule has 26 heavy (non-hydrogen) atoms. The Morgan fingerprint density at radius 1 is 1.15 bits per heavy atom. The molecule has 0 fully saturated rings. The number of allylic oxidation sites excluding steroid dienone is 1. The normalized spacial score (nSPS) is 11.6. The highest BCUT2D eigenvalue weighted by atomic mass is 79.9. The Labute approximate surface area is 156 Å². The molecule has 0 saturated carbocycles. The van der Waals surface area contributed by atoms with E-state index in [2.05, 4.69) is 21.2 Å². The Morgan fingerprint density at radius 3 is 2.38 bits per heavy atom. The smallest absolute Gasteiger partial charge is 0.382 e. The van der Waals surface area contributed by atoms with Crippen molar-refractivity contribution in [3.63, 3.8) is 0 Å². The molecule has 0 aliphatic rings. The average Bonchev–Trinajstić information content (AvgIpc) is 2.73. The molecule has 0 unspecified atom stereocenters. The Balaban J connectivity index is 2.31. The van der Waals surface area contributed by atoms with Gasteiger partial charge in [-0.15, -0.1) is 0 Å². The second kappa shape index (κ2) is 8.31. The summed E-state index contributed by atoms with van der Waals surface area (Å²) < 4.78 is 38.2. The van der Waals surface area contributed by atoms with Crippen LogP contribution in [0.2, 0.25) is 0 Å². The van der Waals surface area contributed by atoms with Crippen LogP contribution >= 0.6 is 15.9 Å². The molecule has 2 aromatic carbocycles. The second-order valence-corrected chi connectivity index (χ2v) is 6.28. The molecular formula is C19H15BrF3NO2. The lowest BCUT2D eigenvalue weighted by molar-refractivity contribution is -0.137. The first-order valence-electron chi connectivity index (χ1n) is 7.69. The number of hydrogen-bond acceptors (Lipinski definition) is 3. The molecule has 0 bridgehead atoms. The van der Waals surface area contributed by atoms with Crippen molar-refractivity contribution in [1.82, 2.24) is 0 Å². The lowest BCUT2D eigenvalue weighted by Gasteiger charge is -2.05. The average molecular weight is 426 g/mol. The number of hydrogen-bond donors (Lipinski definition) is 1. The number of halogens is 4. The number of alkyl halides is 3. The third kappa shape index (κ3) is 5.05. The summed E-state index contributed by atoms with van der Waals surface area (Å²) in [5.74, 6) is -0.536. The second-order valence-electron chi connectivity index (χ2n) is 5.37. The number of carbonyl (C=O) groups is 1. The Kier molecular flexibility index (Phi) is 6.37. The summed E-state index contributed by atoms with van der Waals surface area (Å²) >= 11 is 3.25. The van der Waals surface area contributed by atoms with Gasteiger partial charge in [0.2, 0.25) is 5.43 Å². The molecule has 2 rings (SSSR count). The van der Waals surface area contributed by atoms with Crippen molar-refractivity contribution in [2.75, 3.05) is 11.9 Å². The van der Waals surface area contributed by atoms with Gasteiger partial charge in [-0.3, -0.25) is 9.59 Å². The van der Waals surface area contributed by atoms with Gasteiger partial charge in [-0.25, -0.2) is 0 Å². The predicted molar refractivity (Wildman–Crippen MR) is 99.4 cm³/mol. The molecule has 0 atom stereocenters. The number of carbonyl (C=O) groups excluding carboxylic acids is 1. The highest BCUT2D eigenvalue weighted by Crippen LogP contribution is 2.29. The maximum atomic E-state index is 12.6. The van der Waals surface area contributed by atoms with E-state index in [0.29, 0.717) is 22.3 Å². The van der Waals surface area contributed by atoms with Crippen LogP contribution in [-0.2, 0) is 6.18 Å². The number of anilines is 1. The zero-order valence-electron chi connectivity index (χ0n) is 13.7. The van der Waals surface area contributed by atoms with E-state index in [1.165, 1.54) is 30.4 Å². The third-order valence-corrected chi connectivity index (χ3v) is 3.97. The molecule has 7 heteroatoms. The predicted octanol–water partition coefficient (Wildman–Crippen LogP) is 5.16. The fourth-order valence-electron chi connectivity index (χ4n) is 2.19. The summed E-state index contributed by atoms with van der Waals surface area (Å²) in [5.41, 5.74) is -0.535. The van der Waals surface area contributed by atoms with E-state index in [4.69, 9.17) is 0 Å². The molecule has 0 radical (unpaired) electrons.